The molecular weight excluding hydrogens is 268 g/mol. The zero-order chi connectivity index (χ0) is 14.1. The molecule has 0 saturated carbocycles. The van der Waals surface area contributed by atoms with Crippen molar-refractivity contribution < 1.29 is 9.05 Å². The minimum Gasteiger partial charge on any atom is -0.354 e. The quantitative estimate of drug-likeness (QED) is 0.558. The molecular formula is C15H12N4O2. The Morgan fingerprint density at radius 3 is 1.71 bits per heavy atom. The third-order valence-corrected chi connectivity index (χ3v) is 3.27. The summed E-state index contributed by atoms with van der Waals surface area (Å²) in [4.78, 5) is 0. The van der Waals surface area contributed by atoms with Crippen LogP contribution in [0.5, 0.6) is 0 Å². The molecule has 0 amide bonds. The average molecular weight is 280 g/mol. The van der Waals surface area contributed by atoms with Gasteiger partial charge in [0.1, 0.15) is 0 Å². The standard InChI is InChI=1S/C15H12N4O2/c1-3-7-12-10(5-1)14(18-20-12)16-9-17-15-11-6-2-4-8-13(11)21-19-15/h1-8H,9H2,(H,16,18)(H,17,19). The van der Waals surface area contributed by atoms with Gasteiger partial charge in [-0.15, -0.1) is 0 Å². The lowest BCUT2D eigenvalue weighted by atomic mass is 10.2. The molecule has 0 unspecified atom stereocenters. The molecule has 4 aromatic rings. The van der Waals surface area contributed by atoms with Gasteiger partial charge in [-0.25, -0.2) is 0 Å². The zero-order valence-electron chi connectivity index (χ0n) is 11.0. The maximum absolute atomic E-state index is 5.23. The van der Waals surface area contributed by atoms with Gasteiger partial charge in [-0.3, -0.25) is 0 Å². The van der Waals surface area contributed by atoms with E-state index in [4.69, 9.17) is 9.05 Å². The number of anilines is 2. The van der Waals surface area contributed by atoms with Crippen molar-refractivity contribution in [3.05, 3.63) is 48.5 Å². The summed E-state index contributed by atoms with van der Waals surface area (Å²) in [6, 6.07) is 15.4. The molecule has 2 heterocycles. The first kappa shape index (κ1) is 11.8. The summed E-state index contributed by atoms with van der Waals surface area (Å²) in [5.41, 5.74) is 1.51. The van der Waals surface area contributed by atoms with Gasteiger partial charge in [0.25, 0.3) is 0 Å². The van der Waals surface area contributed by atoms with Crippen LogP contribution in [0.1, 0.15) is 0 Å². The molecule has 0 aliphatic rings. The van der Waals surface area contributed by atoms with Crippen LogP contribution in [0.4, 0.5) is 11.6 Å². The molecule has 2 N–H and O–H groups in total. The van der Waals surface area contributed by atoms with E-state index in [2.05, 4.69) is 20.9 Å². The highest BCUT2D eigenvalue weighted by Gasteiger charge is 2.08. The molecule has 0 aliphatic carbocycles. The minimum absolute atomic E-state index is 0.465. The third kappa shape index (κ3) is 2.06. The number of hydrogen-bond acceptors (Lipinski definition) is 6. The lowest BCUT2D eigenvalue weighted by Crippen LogP contribution is -2.12. The van der Waals surface area contributed by atoms with Crippen molar-refractivity contribution in [2.75, 3.05) is 17.3 Å². The number of fused-ring (bicyclic) bond motifs is 2. The van der Waals surface area contributed by atoms with Crippen LogP contribution >= 0.6 is 0 Å². The normalized spacial score (nSPS) is 11.0. The first-order chi connectivity index (χ1) is 10.4. The van der Waals surface area contributed by atoms with Crippen LogP contribution in [0.15, 0.2) is 57.6 Å². The number of benzene rings is 2. The average Bonchev–Trinajstić information content (AvgIpc) is 3.13. The Hall–Kier alpha value is -3.02. The van der Waals surface area contributed by atoms with Crippen molar-refractivity contribution in [2.24, 2.45) is 0 Å². The first-order valence-corrected chi connectivity index (χ1v) is 6.58. The number of nitrogens with zero attached hydrogens (tertiary/aromatic N) is 2. The van der Waals surface area contributed by atoms with E-state index in [1.165, 1.54) is 0 Å². The molecule has 0 saturated heterocycles. The SMILES string of the molecule is c1ccc2c(NCNc3noc4ccccc34)noc2c1. The Bertz CT molecular complexity index is 823. The van der Waals surface area contributed by atoms with E-state index in [0.29, 0.717) is 18.3 Å². The van der Waals surface area contributed by atoms with Crippen molar-refractivity contribution in [1.29, 1.82) is 0 Å². The summed E-state index contributed by atoms with van der Waals surface area (Å²) in [5, 5.41) is 16.3. The van der Waals surface area contributed by atoms with Gasteiger partial charge < -0.3 is 19.7 Å². The van der Waals surface area contributed by atoms with Crippen LogP contribution in [0, 0.1) is 0 Å². The predicted molar refractivity (Wildman–Crippen MR) is 80.1 cm³/mol. The molecule has 0 aliphatic heterocycles. The molecule has 6 heteroatoms. The minimum atomic E-state index is 0.465. The van der Waals surface area contributed by atoms with Crippen LogP contribution < -0.4 is 10.6 Å². The molecule has 6 nitrogen and oxygen atoms in total. The van der Waals surface area contributed by atoms with Crippen molar-refractivity contribution in [3.8, 4) is 0 Å². The highest BCUT2D eigenvalue weighted by molar-refractivity contribution is 5.89. The maximum Gasteiger partial charge on any atom is 0.178 e. The van der Waals surface area contributed by atoms with E-state index >= 15 is 0 Å². The Balaban J connectivity index is 1.50. The largest absolute Gasteiger partial charge is 0.354 e. The Kier molecular flexibility index (Phi) is 2.71. The van der Waals surface area contributed by atoms with Crippen LogP contribution in [-0.4, -0.2) is 17.0 Å². The summed E-state index contributed by atoms with van der Waals surface area (Å²) < 4.78 is 10.5. The lowest BCUT2D eigenvalue weighted by Gasteiger charge is -2.04. The fourth-order valence-corrected chi connectivity index (χ4v) is 2.24. The zero-order valence-corrected chi connectivity index (χ0v) is 11.0. The van der Waals surface area contributed by atoms with Gasteiger partial charge >= 0.3 is 0 Å². The molecule has 104 valence electrons. The summed E-state index contributed by atoms with van der Waals surface area (Å²) >= 11 is 0. The molecule has 0 fully saturated rings. The predicted octanol–water partition coefficient (Wildman–Crippen LogP) is 3.45. The van der Waals surface area contributed by atoms with Gasteiger partial charge in [-0.05, 0) is 24.3 Å². The highest BCUT2D eigenvalue weighted by atomic mass is 16.5. The van der Waals surface area contributed by atoms with Gasteiger partial charge in [0.15, 0.2) is 22.8 Å². The number of hydrogen-bond donors (Lipinski definition) is 2. The van der Waals surface area contributed by atoms with Crippen molar-refractivity contribution in [2.45, 2.75) is 0 Å². The Morgan fingerprint density at radius 1 is 0.714 bits per heavy atom. The molecule has 2 aromatic heterocycles. The maximum atomic E-state index is 5.23. The van der Waals surface area contributed by atoms with E-state index in [1.54, 1.807) is 0 Å². The lowest BCUT2D eigenvalue weighted by molar-refractivity contribution is 0.458. The second-order valence-electron chi connectivity index (χ2n) is 4.59. The smallest absolute Gasteiger partial charge is 0.178 e. The second kappa shape index (κ2) is 4.82. The molecule has 2 aromatic carbocycles. The van der Waals surface area contributed by atoms with Crippen LogP contribution in [0.25, 0.3) is 21.9 Å². The van der Waals surface area contributed by atoms with E-state index in [-0.39, 0.29) is 0 Å². The van der Waals surface area contributed by atoms with Gasteiger partial charge in [0.05, 0.1) is 17.4 Å². The van der Waals surface area contributed by atoms with Crippen molar-refractivity contribution in [1.82, 2.24) is 10.3 Å². The van der Waals surface area contributed by atoms with Crippen molar-refractivity contribution in [3.63, 3.8) is 0 Å². The topological polar surface area (TPSA) is 76.1 Å². The first-order valence-electron chi connectivity index (χ1n) is 6.58. The molecule has 21 heavy (non-hydrogen) atoms. The van der Waals surface area contributed by atoms with E-state index < -0.39 is 0 Å². The van der Waals surface area contributed by atoms with Gasteiger partial charge in [0, 0.05) is 0 Å². The number of rotatable bonds is 4. The molecule has 4 rings (SSSR count). The summed E-state index contributed by atoms with van der Waals surface area (Å²) in [6.45, 7) is 0.465. The molecule has 0 bridgehead atoms. The van der Waals surface area contributed by atoms with Crippen LogP contribution in [-0.2, 0) is 0 Å². The summed E-state index contributed by atoms with van der Waals surface area (Å²) in [5.74, 6) is 1.40. The molecule has 0 radical (unpaired) electrons. The van der Waals surface area contributed by atoms with Crippen LogP contribution in [0.3, 0.4) is 0 Å². The number of para-hydroxylation sites is 2. The fourth-order valence-electron chi connectivity index (χ4n) is 2.24. The number of aromatic nitrogens is 2. The highest BCUT2D eigenvalue weighted by Crippen LogP contribution is 2.23. The van der Waals surface area contributed by atoms with E-state index in [1.807, 2.05) is 48.5 Å². The van der Waals surface area contributed by atoms with E-state index in [9.17, 15) is 0 Å². The molecule has 0 atom stereocenters. The Morgan fingerprint density at radius 2 is 1.19 bits per heavy atom. The van der Waals surface area contributed by atoms with E-state index in [0.717, 1.165) is 21.9 Å². The molecule has 0 spiro atoms. The summed E-state index contributed by atoms with van der Waals surface area (Å²) in [7, 11) is 0. The Labute approximate surface area is 119 Å². The van der Waals surface area contributed by atoms with Gasteiger partial charge in [-0.1, -0.05) is 34.6 Å². The van der Waals surface area contributed by atoms with Crippen LogP contribution in [0.2, 0.25) is 0 Å². The fraction of sp³-hybridized carbons (Fsp3) is 0.0667. The second-order valence-corrected chi connectivity index (χ2v) is 4.59. The van der Waals surface area contributed by atoms with Gasteiger partial charge in [0.2, 0.25) is 0 Å². The third-order valence-electron chi connectivity index (χ3n) is 3.27. The number of nitrogens with one attached hydrogen (secondary N) is 2. The van der Waals surface area contributed by atoms with Gasteiger partial charge in [-0.2, -0.15) is 0 Å². The summed E-state index contributed by atoms with van der Waals surface area (Å²) in [6.07, 6.45) is 0. The monoisotopic (exact) mass is 280 g/mol. The van der Waals surface area contributed by atoms with Crippen molar-refractivity contribution >= 4 is 33.6 Å².